The molecule has 132 valence electrons. The smallest absolute Gasteiger partial charge is 0.409 e. The second kappa shape index (κ2) is 8.30. The first kappa shape index (κ1) is 18.5. The Morgan fingerprint density at radius 1 is 1.33 bits per heavy atom. The fourth-order valence-electron chi connectivity index (χ4n) is 2.50. The first-order chi connectivity index (χ1) is 11.4. The second-order valence-corrected chi connectivity index (χ2v) is 5.92. The van der Waals surface area contributed by atoms with E-state index < -0.39 is 11.9 Å². The maximum atomic E-state index is 13.0. The summed E-state index contributed by atoms with van der Waals surface area (Å²) in [6.07, 6.45) is -0.327. The van der Waals surface area contributed by atoms with Crippen LogP contribution in [0.2, 0.25) is 5.02 Å². The third-order valence-electron chi connectivity index (χ3n) is 3.96. The predicted molar refractivity (Wildman–Crippen MR) is 89.7 cm³/mol. The van der Waals surface area contributed by atoms with Crippen molar-refractivity contribution >= 4 is 29.3 Å². The normalized spacial score (nSPS) is 16.6. The minimum Gasteiger partial charge on any atom is -0.450 e. The zero-order valence-electron chi connectivity index (χ0n) is 13.7. The quantitative estimate of drug-likeness (QED) is 0.899. The molecule has 1 saturated heterocycles. The van der Waals surface area contributed by atoms with E-state index in [1.165, 1.54) is 12.1 Å². The van der Waals surface area contributed by atoms with Gasteiger partial charge in [0.1, 0.15) is 5.82 Å². The minimum absolute atomic E-state index is 0.155. The zero-order valence-corrected chi connectivity index (χ0v) is 14.5. The van der Waals surface area contributed by atoms with Gasteiger partial charge in [-0.3, -0.25) is 9.69 Å². The summed E-state index contributed by atoms with van der Waals surface area (Å²) in [5.41, 5.74) is 0.375. The standard InChI is InChI=1S/C16H21ClFN3O3/c1-3-24-16(23)21-8-6-20(7-9-21)11(2)15(22)19-14-5-4-12(18)10-13(14)17/h4-5,10-11H,3,6-9H2,1-2H3,(H,19,22). The van der Waals surface area contributed by atoms with E-state index in [9.17, 15) is 14.0 Å². The molecule has 2 amide bonds. The lowest BCUT2D eigenvalue weighted by Crippen LogP contribution is -2.54. The zero-order chi connectivity index (χ0) is 17.7. The molecule has 0 aromatic heterocycles. The molecule has 0 aliphatic carbocycles. The Kier molecular flexibility index (Phi) is 6.39. The lowest BCUT2D eigenvalue weighted by atomic mass is 10.2. The summed E-state index contributed by atoms with van der Waals surface area (Å²) in [5.74, 6) is -0.686. The lowest BCUT2D eigenvalue weighted by molar-refractivity contribution is -0.121. The van der Waals surface area contributed by atoms with Crippen molar-refractivity contribution in [3.05, 3.63) is 29.0 Å². The van der Waals surface area contributed by atoms with Crippen molar-refractivity contribution in [1.29, 1.82) is 0 Å². The summed E-state index contributed by atoms with van der Waals surface area (Å²) >= 11 is 5.92. The molecule has 1 atom stereocenters. The molecule has 0 spiro atoms. The van der Waals surface area contributed by atoms with Crippen LogP contribution in [0.4, 0.5) is 14.9 Å². The van der Waals surface area contributed by atoms with Gasteiger partial charge in [-0.25, -0.2) is 9.18 Å². The third kappa shape index (κ3) is 4.58. The number of carbonyl (C=O) groups is 2. The lowest BCUT2D eigenvalue weighted by Gasteiger charge is -2.36. The summed E-state index contributed by atoms with van der Waals surface area (Å²) < 4.78 is 18.0. The molecular weight excluding hydrogens is 337 g/mol. The number of benzene rings is 1. The van der Waals surface area contributed by atoms with Crippen LogP contribution in [-0.4, -0.2) is 60.6 Å². The number of nitrogens with zero attached hydrogens (tertiary/aromatic N) is 2. The monoisotopic (exact) mass is 357 g/mol. The highest BCUT2D eigenvalue weighted by molar-refractivity contribution is 6.33. The van der Waals surface area contributed by atoms with Gasteiger partial charge in [-0.15, -0.1) is 0 Å². The number of hydrogen-bond acceptors (Lipinski definition) is 4. The van der Waals surface area contributed by atoms with Gasteiger partial charge in [0.05, 0.1) is 23.4 Å². The predicted octanol–water partition coefficient (Wildman–Crippen LogP) is 2.58. The number of ether oxygens (including phenoxy) is 1. The topological polar surface area (TPSA) is 61.9 Å². The van der Waals surface area contributed by atoms with Gasteiger partial charge in [0.15, 0.2) is 0 Å². The first-order valence-corrected chi connectivity index (χ1v) is 8.21. The number of halogens is 2. The Morgan fingerprint density at radius 3 is 2.58 bits per heavy atom. The van der Waals surface area contributed by atoms with Crippen LogP contribution in [0.3, 0.4) is 0 Å². The fraction of sp³-hybridized carbons (Fsp3) is 0.500. The third-order valence-corrected chi connectivity index (χ3v) is 4.27. The van der Waals surface area contributed by atoms with Crippen molar-refractivity contribution in [2.24, 2.45) is 0 Å². The number of anilines is 1. The Morgan fingerprint density at radius 2 is 2.00 bits per heavy atom. The molecule has 1 unspecified atom stereocenters. The van der Waals surface area contributed by atoms with Gasteiger partial charge in [0.25, 0.3) is 0 Å². The summed E-state index contributed by atoms with van der Waals surface area (Å²) in [7, 11) is 0. The van der Waals surface area contributed by atoms with E-state index in [2.05, 4.69) is 5.32 Å². The van der Waals surface area contributed by atoms with E-state index in [1.807, 2.05) is 4.90 Å². The Balaban J connectivity index is 1.89. The first-order valence-electron chi connectivity index (χ1n) is 7.84. The number of carbonyl (C=O) groups excluding carboxylic acids is 2. The summed E-state index contributed by atoms with van der Waals surface area (Å²) in [6.45, 7) is 6.06. The molecule has 1 heterocycles. The van der Waals surface area contributed by atoms with Crippen molar-refractivity contribution in [2.45, 2.75) is 19.9 Å². The number of rotatable bonds is 4. The van der Waals surface area contributed by atoms with Gasteiger partial charge in [-0.1, -0.05) is 11.6 Å². The van der Waals surface area contributed by atoms with E-state index in [4.69, 9.17) is 16.3 Å². The van der Waals surface area contributed by atoms with E-state index >= 15 is 0 Å². The molecule has 0 saturated carbocycles. The van der Waals surface area contributed by atoms with E-state index in [1.54, 1.807) is 18.7 Å². The Hall–Kier alpha value is -1.86. The average Bonchev–Trinajstić information content (AvgIpc) is 2.57. The van der Waals surface area contributed by atoms with E-state index in [0.717, 1.165) is 6.07 Å². The van der Waals surface area contributed by atoms with Gasteiger partial charge < -0.3 is 15.0 Å². The highest BCUT2D eigenvalue weighted by Gasteiger charge is 2.28. The summed E-state index contributed by atoms with van der Waals surface area (Å²) in [4.78, 5) is 27.6. The van der Waals surface area contributed by atoms with Crippen LogP contribution in [0.25, 0.3) is 0 Å². The number of nitrogens with one attached hydrogen (secondary N) is 1. The van der Waals surface area contributed by atoms with Gasteiger partial charge in [0.2, 0.25) is 5.91 Å². The van der Waals surface area contributed by atoms with Crippen LogP contribution in [-0.2, 0) is 9.53 Å². The molecule has 0 bridgehead atoms. The van der Waals surface area contributed by atoms with Crippen LogP contribution >= 0.6 is 11.6 Å². The van der Waals surface area contributed by atoms with Crippen molar-refractivity contribution in [1.82, 2.24) is 9.80 Å². The SMILES string of the molecule is CCOC(=O)N1CCN(C(C)C(=O)Nc2ccc(F)cc2Cl)CC1. The number of hydrogen-bond donors (Lipinski definition) is 1. The van der Waals surface area contributed by atoms with Crippen LogP contribution in [0.1, 0.15) is 13.8 Å². The van der Waals surface area contributed by atoms with E-state index in [0.29, 0.717) is 38.5 Å². The largest absolute Gasteiger partial charge is 0.450 e. The van der Waals surface area contributed by atoms with Crippen LogP contribution < -0.4 is 5.32 Å². The van der Waals surface area contributed by atoms with Crippen molar-refractivity contribution in [3.8, 4) is 0 Å². The second-order valence-electron chi connectivity index (χ2n) is 5.51. The van der Waals surface area contributed by atoms with E-state index in [-0.39, 0.29) is 17.0 Å². The molecule has 1 aromatic rings. The number of amides is 2. The van der Waals surface area contributed by atoms with Crippen molar-refractivity contribution in [2.75, 3.05) is 38.1 Å². The van der Waals surface area contributed by atoms with Gasteiger partial charge >= 0.3 is 6.09 Å². The minimum atomic E-state index is -0.457. The average molecular weight is 358 g/mol. The molecule has 1 aliphatic heterocycles. The number of piperazine rings is 1. The summed E-state index contributed by atoms with van der Waals surface area (Å²) in [6, 6.07) is 3.43. The molecule has 0 radical (unpaired) electrons. The Bertz CT molecular complexity index is 606. The molecule has 8 heteroatoms. The van der Waals surface area contributed by atoms with Crippen LogP contribution in [0, 0.1) is 5.82 Å². The van der Waals surface area contributed by atoms with Gasteiger partial charge in [-0.2, -0.15) is 0 Å². The molecular formula is C16H21ClFN3O3. The fourth-order valence-corrected chi connectivity index (χ4v) is 2.71. The molecule has 24 heavy (non-hydrogen) atoms. The molecule has 1 aliphatic rings. The maximum absolute atomic E-state index is 13.0. The molecule has 1 fully saturated rings. The molecule has 6 nitrogen and oxygen atoms in total. The van der Waals surface area contributed by atoms with Crippen LogP contribution in [0.5, 0.6) is 0 Å². The van der Waals surface area contributed by atoms with Crippen molar-refractivity contribution in [3.63, 3.8) is 0 Å². The maximum Gasteiger partial charge on any atom is 0.409 e. The summed E-state index contributed by atoms with van der Waals surface area (Å²) in [5, 5.41) is 2.86. The molecule has 2 rings (SSSR count). The molecule has 1 aromatic carbocycles. The highest BCUT2D eigenvalue weighted by atomic mass is 35.5. The van der Waals surface area contributed by atoms with Gasteiger partial charge in [0, 0.05) is 26.2 Å². The van der Waals surface area contributed by atoms with Crippen molar-refractivity contribution < 1.29 is 18.7 Å². The van der Waals surface area contributed by atoms with Gasteiger partial charge in [-0.05, 0) is 32.0 Å². The highest BCUT2D eigenvalue weighted by Crippen LogP contribution is 2.23. The van der Waals surface area contributed by atoms with Crippen LogP contribution in [0.15, 0.2) is 18.2 Å². The molecule has 1 N–H and O–H groups in total. The Labute approximate surface area is 145 Å².